The van der Waals surface area contributed by atoms with E-state index in [1.54, 1.807) is 33.5 Å². The second-order valence-corrected chi connectivity index (χ2v) is 4.73. The third-order valence-electron chi connectivity index (χ3n) is 3.15. The first-order valence-electron chi connectivity index (χ1n) is 7.26. The minimum Gasteiger partial charge on any atom is -0.497 e. The summed E-state index contributed by atoms with van der Waals surface area (Å²) in [6, 6.07) is 5.37. The molecule has 2 aromatic rings. The maximum absolute atomic E-state index is 11.8. The number of ether oxygens (including phenoxy) is 3. The zero-order valence-corrected chi connectivity index (χ0v) is 13.8. The number of benzene rings is 1. The van der Waals surface area contributed by atoms with Crippen LogP contribution in [0.25, 0.3) is 0 Å². The molecule has 1 heterocycles. The van der Waals surface area contributed by atoms with E-state index >= 15 is 0 Å². The number of nitrogens with zero attached hydrogens (tertiary/aromatic N) is 2. The number of hydrogen-bond donors (Lipinski definition) is 2. The monoisotopic (exact) mass is 332 g/mol. The molecule has 0 aliphatic carbocycles. The van der Waals surface area contributed by atoms with Crippen LogP contribution in [0.1, 0.15) is 10.5 Å². The van der Waals surface area contributed by atoms with Gasteiger partial charge in [0.2, 0.25) is 0 Å². The van der Waals surface area contributed by atoms with Gasteiger partial charge in [0.05, 0.1) is 38.9 Å². The summed E-state index contributed by atoms with van der Waals surface area (Å²) in [6.07, 6.45) is 2.88. The molecule has 0 saturated heterocycles. The number of carbonyl (C=O) groups excluding carboxylic acids is 1. The second-order valence-electron chi connectivity index (χ2n) is 4.73. The normalized spacial score (nSPS) is 10.1. The van der Waals surface area contributed by atoms with E-state index in [9.17, 15) is 4.79 Å². The molecule has 1 aromatic carbocycles. The van der Waals surface area contributed by atoms with Gasteiger partial charge in [0.15, 0.2) is 0 Å². The molecule has 0 aliphatic rings. The number of carbonyl (C=O) groups is 1. The van der Waals surface area contributed by atoms with Crippen LogP contribution < -0.4 is 20.1 Å². The third kappa shape index (κ3) is 4.56. The third-order valence-corrected chi connectivity index (χ3v) is 3.15. The highest BCUT2D eigenvalue weighted by molar-refractivity contribution is 5.92. The second kappa shape index (κ2) is 8.68. The summed E-state index contributed by atoms with van der Waals surface area (Å²) in [4.78, 5) is 20.1. The van der Waals surface area contributed by atoms with Crippen molar-refractivity contribution < 1.29 is 19.0 Å². The molecule has 128 valence electrons. The zero-order chi connectivity index (χ0) is 17.4. The van der Waals surface area contributed by atoms with Crippen molar-refractivity contribution in [3.05, 3.63) is 36.3 Å². The lowest BCUT2D eigenvalue weighted by atomic mass is 10.2. The minimum atomic E-state index is -0.298. The Bertz CT molecular complexity index is 676. The van der Waals surface area contributed by atoms with Gasteiger partial charge in [-0.15, -0.1) is 0 Å². The van der Waals surface area contributed by atoms with Gasteiger partial charge in [-0.25, -0.2) is 9.97 Å². The fraction of sp³-hybridized carbons (Fsp3) is 0.312. The average Bonchev–Trinajstić information content (AvgIpc) is 2.62. The molecule has 2 rings (SSSR count). The van der Waals surface area contributed by atoms with Gasteiger partial charge in [-0.1, -0.05) is 0 Å². The highest BCUT2D eigenvalue weighted by Gasteiger charge is 2.09. The van der Waals surface area contributed by atoms with E-state index < -0.39 is 0 Å². The first kappa shape index (κ1) is 17.5. The van der Waals surface area contributed by atoms with E-state index in [-0.39, 0.29) is 11.6 Å². The average molecular weight is 332 g/mol. The molecule has 0 atom stereocenters. The van der Waals surface area contributed by atoms with Crippen LogP contribution in [0.15, 0.2) is 30.6 Å². The Morgan fingerprint density at radius 1 is 1.12 bits per heavy atom. The maximum Gasteiger partial charge on any atom is 0.271 e. The fourth-order valence-electron chi connectivity index (χ4n) is 1.91. The number of aromatic nitrogens is 2. The molecular formula is C16H20N4O4. The SMILES string of the molecule is COCCNC(=O)c1cnc(Nc2ccc(OC)cc2OC)cn1. The van der Waals surface area contributed by atoms with Crippen LogP contribution in [0.3, 0.4) is 0 Å². The molecule has 2 N–H and O–H groups in total. The summed E-state index contributed by atoms with van der Waals surface area (Å²) >= 11 is 0. The topological polar surface area (TPSA) is 94.6 Å². The van der Waals surface area contributed by atoms with Crippen LogP contribution in [-0.4, -0.2) is 50.4 Å². The first-order valence-corrected chi connectivity index (χ1v) is 7.26. The molecule has 1 aromatic heterocycles. The van der Waals surface area contributed by atoms with Crippen molar-refractivity contribution in [1.29, 1.82) is 0 Å². The van der Waals surface area contributed by atoms with Crippen LogP contribution in [-0.2, 0) is 4.74 Å². The minimum absolute atomic E-state index is 0.235. The fourth-order valence-corrected chi connectivity index (χ4v) is 1.91. The summed E-state index contributed by atoms with van der Waals surface area (Å²) in [6.45, 7) is 0.857. The summed E-state index contributed by atoms with van der Waals surface area (Å²) in [5.41, 5.74) is 0.947. The van der Waals surface area contributed by atoms with Gasteiger partial charge in [-0.3, -0.25) is 4.79 Å². The maximum atomic E-state index is 11.8. The highest BCUT2D eigenvalue weighted by Crippen LogP contribution is 2.30. The van der Waals surface area contributed by atoms with E-state index in [1.807, 2.05) is 6.07 Å². The highest BCUT2D eigenvalue weighted by atomic mass is 16.5. The molecular weight excluding hydrogens is 312 g/mol. The molecule has 0 bridgehead atoms. The number of rotatable bonds is 8. The van der Waals surface area contributed by atoms with E-state index in [0.29, 0.717) is 36.2 Å². The molecule has 0 unspecified atom stereocenters. The van der Waals surface area contributed by atoms with Crippen LogP contribution in [0.4, 0.5) is 11.5 Å². The Balaban J connectivity index is 2.05. The number of nitrogens with one attached hydrogen (secondary N) is 2. The van der Waals surface area contributed by atoms with Gasteiger partial charge in [-0.05, 0) is 12.1 Å². The summed E-state index contributed by atoms with van der Waals surface area (Å²) in [5.74, 6) is 1.49. The van der Waals surface area contributed by atoms with Crippen molar-refractivity contribution in [2.45, 2.75) is 0 Å². The van der Waals surface area contributed by atoms with Gasteiger partial charge in [-0.2, -0.15) is 0 Å². The molecule has 0 aliphatic heterocycles. The predicted octanol–water partition coefficient (Wildman–Crippen LogP) is 1.61. The Morgan fingerprint density at radius 2 is 1.96 bits per heavy atom. The lowest BCUT2D eigenvalue weighted by molar-refractivity contribution is 0.0932. The van der Waals surface area contributed by atoms with Crippen LogP contribution in [0.5, 0.6) is 11.5 Å². The molecule has 8 nitrogen and oxygen atoms in total. The van der Waals surface area contributed by atoms with Gasteiger partial charge >= 0.3 is 0 Å². The Labute approximate surface area is 140 Å². The van der Waals surface area contributed by atoms with Crippen molar-refractivity contribution >= 4 is 17.4 Å². The molecule has 0 spiro atoms. The Kier molecular flexibility index (Phi) is 6.32. The summed E-state index contributed by atoms with van der Waals surface area (Å²) in [7, 11) is 4.72. The standard InChI is InChI=1S/C16H20N4O4/c1-22-7-6-17-16(21)13-9-19-15(10-18-13)20-12-5-4-11(23-2)8-14(12)24-3/h4-5,8-10H,6-7H2,1-3H3,(H,17,21)(H,19,20). The van der Waals surface area contributed by atoms with Gasteiger partial charge < -0.3 is 24.8 Å². The van der Waals surface area contributed by atoms with Gasteiger partial charge in [0.1, 0.15) is 23.0 Å². The van der Waals surface area contributed by atoms with Crippen LogP contribution >= 0.6 is 0 Å². The number of methoxy groups -OCH3 is 3. The van der Waals surface area contributed by atoms with Gasteiger partial charge in [0, 0.05) is 19.7 Å². The zero-order valence-electron chi connectivity index (χ0n) is 13.8. The smallest absolute Gasteiger partial charge is 0.271 e. The molecule has 0 saturated carbocycles. The van der Waals surface area contributed by atoms with Crippen molar-refractivity contribution in [1.82, 2.24) is 15.3 Å². The van der Waals surface area contributed by atoms with Crippen molar-refractivity contribution in [2.24, 2.45) is 0 Å². The lowest BCUT2D eigenvalue weighted by Gasteiger charge is -2.12. The van der Waals surface area contributed by atoms with E-state index in [2.05, 4.69) is 20.6 Å². The van der Waals surface area contributed by atoms with Crippen LogP contribution in [0.2, 0.25) is 0 Å². The van der Waals surface area contributed by atoms with Crippen molar-refractivity contribution in [2.75, 3.05) is 39.8 Å². The lowest BCUT2D eigenvalue weighted by Crippen LogP contribution is -2.27. The number of amides is 1. The van der Waals surface area contributed by atoms with Crippen molar-refractivity contribution in [3.63, 3.8) is 0 Å². The summed E-state index contributed by atoms with van der Waals surface area (Å²) in [5, 5.41) is 5.77. The van der Waals surface area contributed by atoms with Gasteiger partial charge in [0.25, 0.3) is 5.91 Å². The largest absolute Gasteiger partial charge is 0.497 e. The predicted molar refractivity (Wildman–Crippen MR) is 89.1 cm³/mol. The van der Waals surface area contributed by atoms with E-state index in [0.717, 1.165) is 0 Å². The molecule has 24 heavy (non-hydrogen) atoms. The Hall–Kier alpha value is -2.87. The Morgan fingerprint density at radius 3 is 2.58 bits per heavy atom. The number of hydrogen-bond acceptors (Lipinski definition) is 7. The molecule has 1 amide bonds. The summed E-state index contributed by atoms with van der Waals surface area (Å²) < 4.78 is 15.3. The van der Waals surface area contributed by atoms with Crippen molar-refractivity contribution in [3.8, 4) is 11.5 Å². The molecule has 0 radical (unpaired) electrons. The quantitative estimate of drug-likeness (QED) is 0.709. The van der Waals surface area contributed by atoms with Crippen LogP contribution in [0, 0.1) is 0 Å². The first-order chi connectivity index (χ1) is 11.7. The number of anilines is 2. The molecule has 8 heteroatoms. The molecule has 0 fully saturated rings. The van der Waals surface area contributed by atoms with E-state index in [4.69, 9.17) is 14.2 Å². The van der Waals surface area contributed by atoms with E-state index in [1.165, 1.54) is 12.4 Å².